The van der Waals surface area contributed by atoms with Gasteiger partial charge in [-0.3, -0.25) is 4.79 Å². The van der Waals surface area contributed by atoms with Gasteiger partial charge in [0.2, 0.25) is 0 Å². The van der Waals surface area contributed by atoms with E-state index in [9.17, 15) is 18.0 Å². The lowest BCUT2D eigenvalue weighted by Crippen LogP contribution is -2.37. The van der Waals surface area contributed by atoms with Crippen molar-refractivity contribution in [2.45, 2.75) is 25.6 Å². The SMILES string of the molecule is N#Cc1ccc(N2CCC(C(=O)OCc3ccccc3C(F)(F)F)CC2)nc1. The normalized spacial score (nSPS) is 15.1. The second kappa shape index (κ2) is 8.30. The van der Waals surface area contributed by atoms with Crippen molar-refractivity contribution in [2.24, 2.45) is 5.92 Å². The van der Waals surface area contributed by atoms with E-state index >= 15 is 0 Å². The van der Waals surface area contributed by atoms with E-state index in [-0.39, 0.29) is 11.5 Å². The number of benzene rings is 1. The van der Waals surface area contributed by atoms with E-state index in [4.69, 9.17) is 10.00 Å². The van der Waals surface area contributed by atoms with Crippen LogP contribution in [0.25, 0.3) is 0 Å². The van der Waals surface area contributed by atoms with Crippen LogP contribution in [0.1, 0.15) is 29.5 Å². The Morgan fingerprint density at radius 2 is 1.93 bits per heavy atom. The molecule has 28 heavy (non-hydrogen) atoms. The molecule has 0 aliphatic carbocycles. The lowest BCUT2D eigenvalue weighted by Gasteiger charge is -2.31. The fourth-order valence-electron chi connectivity index (χ4n) is 3.17. The number of anilines is 1. The summed E-state index contributed by atoms with van der Waals surface area (Å²) in [6, 6.07) is 10.5. The van der Waals surface area contributed by atoms with Crippen LogP contribution in [0.2, 0.25) is 0 Å². The first-order valence-corrected chi connectivity index (χ1v) is 8.81. The van der Waals surface area contributed by atoms with E-state index in [0.717, 1.165) is 11.9 Å². The molecule has 1 aromatic heterocycles. The molecule has 3 rings (SSSR count). The van der Waals surface area contributed by atoms with Gasteiger partial charge in [-0.2, -0.15) is 18.4 Å². The van der Waals surface area contributed by atoms with Gasteiger partial charge in [-0.1, -0.05) is 18.2 Å². The van der Waals surface area contributed by atoms with E-state index < -0.39 is 24.3 Å². The van der Waals surface area contributed by atoms with Crippen LogP contribution in [0.3, 0.4) is 0 Å². The first kappa shape index (κ1) is 19.7. The largest absolute Gasteiger partial charge is 0.461 e. The van der Waals surface area contributed by atoms with Crippen molar-refractivity contribution < 1.29 is 22.7 Å². The number of nitriles is 1. The first-order valence-electron chi connectivity index (χ1n) is 8.81. The van der Waals surface area contributed by atoms with Crippen molar-refractivity contribution >= 4 is 11.8 Å². The first-order chi connectivity index (χ1) is 13.4. The summed E-state index contributed by atoms with van der Waals surface area (Å²) in [4.78, 5) is 18.5. The number of pyridine rings is 1. The highest BCUT2D eigenvalue weighted by Gasteiger charge is 2.33. The molecule has 5 nitrogen and oxygen atoms in total. The molecular weight excluding hydrogens is 371 g/mol. The van der Waals surface area contributed by atoms with Gasteiger partial charge in [-0.25, -0.2) is 4.98 Å². The molecule has 0 unspecified atom stereocenters. The Labute approximate surface area is 160 Å². The van der Waals surface area contributed by atoms with Crippen LogP contribution >= 0.6 is 0 Å². The van der Waals surface area contributed by atoms with Gasteiger partial charge in [0, 0.05) is 24.8 Å². The van der Waals surface area contributed by atoms with Gasteiger partial charge in [0.25, 0.3) is 0 Å². The summed E-state index contributed by atoms with van der Waals surface area (Å²) in [6.45, 7) is 0.765. The standard InChI is InChI=1S/C20H18F3N3O2/c21-20(22,23)17-4-2-1-3-16(17)13-28-19(27)15-7-9-26(10-8-15)18-6-5-14(11-24)12-25-18/h1-6,12,15H,7-10,13H2. The number of esters is 1. The number of carbonyl (C=O) groups excluding carboxylic acids is 1. The lowest BCUT2D eigenvalue weighted by atomic mass is 9.97. The van der Waals surface area contributed by atoms with E-state index in [2.05, 4.69) is 4.98 Å². The van der Waals surface area contributed by atoms with E-state index in [1.54, 1.807) is 12.1 Å². The van der Waals surface area contributed by atoms with Crippen LogP contribution in [-0.4, -0.2) is 24.0 Å². The molecule has 0 amide bonds. The van der Waals surface area contributed by atoms with Crippen molar-refractivity contribution in [2.75, 3.05) is 18.0 Å². The quantitative estimate of drug-likeness (QED) is 0.742. The van der Waals surface area contributed by atoms with Crippen molar-refractivity contribution in [3.05, 3.63) is 59.3 Å². The number of halogens is 3. The molecule has 0 spiro atoms. The van der Waals surface area contributed by atoms with Crippen molar-refractivity contribution in [3.63, 3.8) is 0 Å². The summed E-state index contributed by atoms with van der Waals surface area (Å²) in [7, 11) is 0. The molecule has 1 aliphatic heterocycles. The summed E-state index contributed by atoms with van der Waals surface area (Å²) >= 11 is 0. The van der Waals surface area contributed by atoms with Gasteiger partial charge in [-0.15, -0.1) is 0 Å². The molecular formula is C20H18F3N3O2. The topological polar surface area (TPSA) is 66.2 Å². The molecule has 8 heteroatoms. The molecule has 146 valence electrons. The minimum atomic E-state index is -4.48. The van der Waals surface area contributed by atoms with Gasteiger partial charge in [-0.05, 0) is 31.0 Å². The molecule has 1 saturated heterocycles. The van der Waals surface area contributed by atoms with E-state index in [0.29, 0.717) is 31.5 Å². The molecule has 2 heterocycles. The molecule has 0 radical (unpaired) electrons. The number of rotatable bonds is 4. The number of aromatic nitrogens is 1. The fraction of sp³-hybridized carbons (Fsp3) is 0.350. The number of ether oxygens (including phenoxy) is 1. The second-order valence-corrected chi connectivity index (χ2v) is 6.54. The maximum atomic E-state index is 13.0. The maximum Gasteiger partial charge on any atom is 0.416 e. The summed E-state index contributed by atoms with van der Waals surface area (Å²) in [5.41, 5.74) is -0.367. The van der Waals surface area contributed by atoms with Gasteiger partial charge < -0.3 is 9.64 Å². The van der Waals surface area contributed by atoms with Crippen LogP contribution < -0.4 is 4.90 Å². The molecule has 1 aliphatic rings. The molecule has 2 aromatic rings. The number of alkyl halides is 3. The Morgan fingerprint density at radius 3 is 2.54 bits per heavy atom. The van der Waals surface area contributed by atoms with E-state index in [1.165, 1.54) is 24.4 Å². The van der Waals surface area contributed by atoms with Crippen LogP contribution in [0.5, 0.6) is 0 Å². The Bertz CT molecular complexity index is 868. The third-order valence-electron chi connectivity index (χ3n) is 4.72. The third-order valence-corrected chi connectivity index (χ3v) is 4.72. The smallest absolute Gasteiger partial charge is 0.416 e. The Hall–Kier alpha value is -3.08. The van der Waals surface area contributed by atoms with E-state index in [1.807, 2.05) is 11.0 Å². The molecule has 1 aromatic carbocycles. The molecule has 0 bridgehead atoms. The Balaban J connectivity index is 1.54. The minimum absolute atomic E-state index is 0.0532. The van der Waals surface area contributed by atoms with Gasteiger partial charge in [0.15, 0.2) is 0 Å². The van der Waals surface area contributed by atoms with Crippen molar-refractivity contribution in [3.8, 4) is 6.07 Å². The summed E-state index contributed by atoms with van der Waals surface area (Å²) < 4.78 is 44.2. The number of hydrogen-bond acceptors (Lipinski definition) is 5. The van der Waals surface area contributed by atoms with Gasteiger partial charge >= 0.3 is 12.1 Å². The predicted molar refractivity (Wildman–Crippen MR) is 95.1 cm³/mol. The zero-order valence-corrected chi connectivity index (χ0v) is 14.9. The lowest BCUT2D eigenvalue weighted by molar-refractivity contribution is -0.152. The van der Waals surface area contributed by atoms with Crippen LogP contribution in [0.15, 0.2) is 42.6 Å². The van der Waals surface area contributed by atoms with Crippen LogP contribution in [0.4, 0.5) is 19.0 Å². The highest BCUT2D eigenvalue weighted by atomic mass is 19.4. The third kappa shape index (κ3) is 4.60. The highest BCUT2D eigenvalue weighted by molar-refractivity contribution is 5.73. The number of hydrogen-bond donors (Lipinski definition) is 0. The molecule has 0 atom stereocenters. The molecule has 1 fully saturated rings. The second-order valence-electron chi connectivity index (χ2n) is 6.54. The number of carbonyl (C=O) groups is 1. The average molecular weight is 389 g/mol. The minimum Gasteiger partial charge on any atom is -0.461 e. The van der Waals surface area contributed by atoms with Gasteiger partial charge in [0.05, 0.1) is 17.0 Å². The molecule has 0 N–H and O–H groups in total. The van der Waals surface area contributed by atoms with Crippen molar-refractivity contribution in [1.29, 1.82) is 5.26 Å². The van der Waals surface area contributed by atoms with Crippen LogP contribution in [0, 0.1) is 17.2 Å². The fourth-order valence-corrected chi connectivity index (χ4v) is 3.17. The summed E-state index contributed by atoms with van der Waals surface area (Å²) in [5, 5.41) is 8.81. The summed E-state index contributed by atoms with van der Waals surface area (Å²) in [6.07, 6.45) is -1.93. The summed E-state index contributed by atoms with van der Waals surface area (Å²) in [5.74, 6) is -0.109. The number of nitrogens with zero attached hydrogens (tertiary/aromatic N) is 3. The average Bonchev–Trinajstić information content (AvgIpc) is 2.72. The monoisotopic (exact) mass is 389 g/mol. The predicted octanol–water partition coefficient (Wildman–Crippen LogP) is 3.93. The Morgan fingerprint density at radius 1 is 1.21 bits per heavy atom. The van der Waals surface area contributed by atoms with Gasteiger partial charge in [0.1, 0.15) is 18.5 Å². The Kier molecular flexibility index (Phi) is 5.83. The van der Waals surface area contributed by atoms with Crippen molar-refractivity contribution in [1.82, 2.24) is 4.98 Å². The maximum absolute atomic E-state index is 13.0. The zero-order valence-electron chi connectivity index (χ0n) is 14.9. The molecule has 0 saturated carbocycles. The highest BCUT2D eigenvalue weighted by Crippen LogP contribution is 2.32. The number of piperidine rings is 1. The zero-order chi connectivity index (χ0) is 20.1. The van der Waals surface area contributed by atoms with Crippen LogP contribution in [-0.2, 0) is 22.3 Å².